The van der Waals surface area contributed by atoms with Crippen molar-refractivity contribution in [3.63, 3.8) is 0 Å². The van der Waals surface area contributed by atoms with Gasteiger partial charge in [0.05, 0.1) is 18.0 Å². The molecule has 0 bridgehead atoms. The summed E-state index contributed by atoms with van der Waals surface area (Å²) in [6.07, 6.45) is 0. The minimum atomic E-state index is -3.50. The normalized spacial score (nSPS) is 12.4. The SMILES string of the molecule is CCNC(=NCc1ccc(S(=O)(=O)NCCOC)cc1)NCC(C)C. The van der Waals surface area contributed by atoms with E-state index in [4.69, 9.17) is 4.74 Å². The van der Waals surface area contributed by atoms with Crippen LogP contribution in [0.5, 0.6) is 0 Å². The maximum Gasteiger partial charge on any atom is 0.240 e. The van der Waals surface area contributed by atoms with Crippen molar-refractivity contribution < 1.29 is 13.2 Å². The quantitative estimate of drug-likeness (QED) is 0.328. The fraction of sp³-hybridized carbons (Fsp3) is 0.588. The zero-order valence-electron chi connectivity index (χ0n) is 15.5. The summed E-state index contributed by atoms with van der Waals surface area (Å²) < 4.78 is 31.5. The molecule has 0 aliphatic rings. The predicted octanol–water partition coefficient (Wildman–Crippen LogP) is 1.32. The van der Waals surface area contributed by atoms with Crippen LogP contribution in [0.2, 0.25) is 0 Å². The third kappa shape index (κ3) is 8.33. The number of guanidine groups is 1. The molecular weight excluding hydrogens is 340 g/mol. The molecule has 0 aliphatic carbocycles. The number of hydrogen-bond acceptors (Lipinski definition) is 4. The van der Waals surface area contributed by atoms with Crippen LogP contribution in [-0.4, -0.2) is 47.7 Å². The van der Waals surface area contributed by atoms with E-state index < -0.39 is 10.0 Å². The molecule has 142 valence electrons. The molecule has 0 aliphatic heterocycles. The highest BCUT2D eigenvalue weighted by atomic mass is 32.2. The van der Waals surface area contributed by atoms with Gasteiger partial charge in [0.2, 0.25) is 10.0 Å². The fourth-order valence-electron chi connectivity index (χ4n) is 1.95. The van der Waals surface area contributed by atoms with Crippen LogP contribution in [0.25, 0.3) is 0 Å². The number of methoxy groups -OCH3 is 1. The summed E-state index contributed by atoms with van der Waals surface area (Å²) in [5.41, 5.74) is 0.942. The third-order valence-electron chi connectivity index (χ3n) is 3.27. The second kappa shape index (κ2) is 11.1. The number of nitrogens with zero attached hydrogens (tertiary/aromatic N) is 1. The first-order chi connectivity index (χ1) is 11.9. The van der Waals surface area contributed by atoms with Crippen molar-refractivity contribution >= 4 is 16.0 Å². The number of ether oxygens (including phenoxy) is 1. The standard InChI is InChI=1S/C17H30N4O3S/c1-5-18-17(19-12-14(2)3)20-13-15-6-8-16(9-7-15)25(22,23)21-10-11-24-4/h6-9,14,21H,5,10-13H2,1-4H3,(H2,18,19,20). The van der Waals surface area contributed by atoms with Gasteiger partial charge in [-0.05, 0) is 30.5 Å². The molecule has 1 aromatic rings. The second-order valence-corrected chi connectivity index (χ2v) is 7.77. The molecule has 0 saturated heterocycles. The third-order valence-corrected chi connectivity index (χ3v) is 4.75. The van der Waals surface area contributed by atoms with E-state index in [1.54, 1.807) is 24.3 Å². The Morgan fingerprint density at radius 1 is 1.20 bits per heavy atom. The molecule has 0 atom stereocenters. The first-order valence-corrected chi connectivity index (χ1v) is 9.97. The van der Waals surface area contributed by atoms with Crippen LogP contribution >= 0.6 is 0 Å². The monoisotopic (exact) mass is 370 g/mol. The summed E-state index contributed by atoms with van der Waals surface area (Å²) in [6.45, 7) is 8.98. The number of aliphatic imine (C=N–C) groups is 1. The average molecular weight is 371 g/mol. The molecular formula is C17H30N4O3S. The Morgan fingerprint density at radius 2 is 1.88 bits per heavy atom. The zero-order valence-corrected chi connectivity index (χ0v) is 16.3. The molecule has 1 rings (SSSR count). The van der Waals surface area contributed by atoms with E-state index >= 15 is 0 Å². The molecule has 0 amide bonds. The average Bonchev–Trinajstić information content (AvgIpc) is 2.58. The zero-order chi connectivity index (χ0) is 18.7. The number of sulfonamides is 1. The van der Waals surface area contributed by atoms with Gasteiger partial charge in [0.1, 0.15) is 0 Å². The van der Waals surface area contributed by atoms with Crippen LogP contribution in [0.3, 0.4) is 0 Å². The smallest absolute Gasteiger partial charge is 0.240 e. The Bertz CT molecular complexity index is 628. The topological polar surface area (TPSA) is 91.8 Å². The first-order valence-electron chi connectivity index (χ1n) is 8.48. The summed E-state index contributed by atoms with van der Waals surface area (Å²) in [7, 11) is -1.97. The molecule has 0 saturated carbocycles. The molecule has 0 heterocycles. The van der Waals surface area contributed by atoms with Gasteiger partial charge in [0.15, 0.2) is 5.96 Å². The van der Waals surface area contributed by atoms with Gasteiger partial charge in [-0.25, -0.2) is 18.1 Å². The number of hydrogen-bond donors (Lipinski definition) is 3. The van der Waals surface area contributed by atoms with E-state index in [2.05, 4.69) is 34.2 Å². The van der Waals surface area contributed by atoms with Gasteiger partial charge in [-0.15, -0.1) is 0 Å². The highest BCUT2D eigenvalue weighted by molar-refractivity contribution is 7.89. The molecule has 0 unspecified atom stereocenters. The molecule has 8 heteroatoms. The molecule has 0 fully saturated rings. The molecule has 0 aromatic heterocycles. The maximum absolute atomic E-state index is 12.1. The maximum atomic E-state index is 12.1. The molecule has 25 heavy (non-hydrogen) atoms. The lowest BCUT2D eigenvalue weighted by Gasteiger charge is -2.13. The summed E-state index contributed by atoms with van der Waals surface area (Å²) in [4.78, 5) is 4.76. The van der Waals surface area contributed by atoms with Crippen molar-refractivity contribution in [3.8, 4) is 0 Å². The van der Waals surface area contributed by atoms with Crippen LogP contribution < -0.4 is 15.4 Å². The molecule has 0 radical (unpaired) electrons. The van der Waals surface area contributed by atoms with E-state index in [0.717, 1.165) is 24.6 Å². The number of benzene rings is 1. The largest absolute Gasteiger partial charge is 0.383 e. The van der Waals surface area contributed by atoms with Crippen molar-refractivity contribution in [2.45, 2.75) is 32.2 Å². The molecule has 0 spiro atoms. The van der Waals surface area contributed by atoms with Gasteiger partial charge in [-0.1, -0.05) is 26.0 Å². The van der Waals surface area contributed by atoms with Crippen LogP contribution in [-0.2, 0) is 21.3 Å². The second-order valence-electron chi connectivity index (χ2n) is 6.00. The van der Waals surface area contributed by atoms with Crippen molar-refractivity contribution in [1.29, 1.82) is 0 Å². The Hall–Kier alpha value is -1.64. The predicted molar refractivity (Wildman–Crippen MR) is 101 cm³/mol. The lowest BCUT2D eigenvalue weighted by molar-refractivity contribution is 0.204. The van der Waals surface area contributed by atoms with Gasteiger partial charge < -0.3 is 15.4 Å². The van der Waals surface area contributed by atoms with E-state index in [9.17, 15) is 8.42 Å². The number of nitrogens with one attached hydrogen (secondary N) is 3. The Balaban J connectivity index is 2.70. The van der Waals surface area contributed by atoms with Crippen molar-refractivity contribution in [1.82, 2.24) is 15.4 Å². The molecule has 3 N–H and O–H groups in total. The first kappa shape index (κ1) is 21.4. The van der Waals surface area contributed by atoms with E-state index in [-0.39, 0.29) is 11.4 Å². The summed E-state index contributed by atoms with van der Waals surface area (Å²) in [6, 6.07) is 6.74. The number of rotatable bonds is 10. The highest BCUT2D eigenvalue weighted by Crippen LogP contribution is 2.11. The van der Waals surface area contributed by atoms with Crippen LogP contribution in [0, 0.1) is 5.92 Å². The van der Waals surface area contributed by atoms with Gasteiger partial charge in [-0.2, -0.15) is 0 Å². The van der Waals surface area contributed by atoms with Gasteiger partial charge in [0, 0.05) is 26.7 Å². The Morgan fingerprint density at radius 3 is 2.44 bits per heavy atom. The fourth-order valence-corrected chi connectivity index (χ4v) is 2.96. The van der Waals surface area contributed by atoms with E-state index in [1.807, 2.05) is 6.92 Å². The summed E-state index contributed by atoms with van der Waals surface area (Å²) >= 11 is 0. The minimum absolute atomic E-state index is 0.237. The van der Waals surface area contributed by atoms with Crippen LogP contribution in [0.15, 0.2) is 34.2 Å². The molecule has 1 aromatic carbocycles. The minimum Gasteiger partial charge on any atom is -0.383 e. The summed E-state index contributed by atoms with van der Waals surface area (Å²) in [5, 5.41) is 6.47. The highest BCUT2D eigenvalue weighted by Gasteiger charge is 2.12. The van der Waals surface area contributed by atoms with Crippen molar-refractivity contribution in [2.24, 2.45) is 10.9 Å². The van der Waals surface area contributed by atoms with Gasteiger partial charge >= 0.3 is 0 Å². The summed E-state index contributed by atoms with van der Waals surface area (Å²) in [5.74, 6) is 1.29. The van der Waals surface area contributed by atoms with Crippen LogP contribution in [0.1, 0.15) is 26.3 Å². The van der Waals surface area contributed by atoms with Gasteiger partial charge in [0.25, 0.3) is 0 Å². The van der Waals surface area contributed by atoms with Crippen molar-refractivity contribution in [2.75, 3.05) is 33.4 Å². The lowest BCUT2D eigenvalue weighted by Crippen LogP contribution is -2.39. The van der Waals surface area contributed by atoms with Crippen LogP contribution in [0.4, 0.5) is 0 Å². The molecule has 7 nitrogen and oxygen atoms in total. The van der Waals surface area contributed by atoms with E-state index in [1.165, 1.54) is 7.11 Å². The Labute approximate surface area is 151 Å². The van der Waals surface area contributed by atoms with Gasteiger partial charge in [-0.3, -0.25) is 0 Å². The van der Waals surface area contributed by atoms with E-state index in [0.29, 0.717) is 19.1 Å². The lowest BCUT2D eigenvalue weighted by atomic mass is 10.2. The Kier molecular flexibility index (Phi) is 9.48. The van der Waals surface area contributed by atoms with Crippen molar-refractivity contribution in [3.05, 3.63) is 29.8 Å².